The van der Waals surface area contributed by atoms with Crippen LogP contribution in [0.5, 0.6) is 0 Å². The van der Waals surface area contributed by atoms with Gasteiger partial charge in [0.1, 0.15) is 0 Å². The van der Waals surface area contributed by atoms with Gasteiger partial charge in [0.2, 0.25) is 5.91 Å². The zero-order chi connectivity index (χ0) is 20.8. The smallest absolute Gasteiger partial charge is 0.242 e. The Labute approximate surface area is 179 Å². The summed E-state index contributed by atoms with van der Waals surface area (Å²) in [6, 6.07) is 19.0. The van der Waals surface area contributed by atoms with Crippen LogP contribution < -0.4 is 5.32 Å². The van der Waals surface area contributed by atoms with Gasteiger partial charge in [-0.1, -0.05) is 54.6 Å². The van der Waals surface area contributed by atoms with Crippen molar-refractivity contribution in [2.75, 3.05) is 46.3 Å². The number of fused-ring (bicyclic) bond motifs is 1. The molecule has 0 unspecified atom stereocenters. The molecule has 0 aromatic heterocycles. The van der Waals surface area contributed by atoms with E-state index in [2.05, 4.69) is 68.6 Å². The van der Waals surface area contributed by atoms with Gasteiger partial charge in [-0.15, -0.1) is 0 Å². The standard InChI is InChI=1S/C24H31N5O/c1-25-24(28-15-13-27(14-16-28)18-20-7-3-2-4-8-20)26-17-23(30)29-12-11-21-9-5-6-10-22(21)19-29/h2-10H,11-19H2,1H3,(H,25,26). The van der Waals surface area contributed by atoms with Crippen LogP contribution in [-0.4, -0.2) is 72.9 Å². The molecule has 1 fully saturated rings. The number of hydrogen-bond acceptors (Lipinski definition) is 3. The lowest BCUT2D eigenvalue weighted by Gasteiger charge is -2.36. The highest BCUT2D eigenvalue weighted by Gasteiger charge is 2.23. The van der Waals surface area contributed by atoms with Gasteiger partial charge in [0.15, 0.2) is 5.96 Å². The van der Waals surface area contributed by atoms with Crippen LogP contribution in [0.1, 0.15) is 16.7 Å². The Morgan fingerprint density at radius 2 is 1.60 bits per heavy atom. The number of aliphatic imine (C=N–C) groups is 1. The predicted molar refractivity (Wildman–Crippen MR) is 120 cm³/mol. The zero-order valence-corrected chi connectivity index (χ0v) is 17.8. The number of nitrogens with one attached hydrogen (secondary N) is 1. The van der Waals surface area contributed by atoms with Gasteiger partial charge in [0, 0.05) is 52.9 Å². The van der Waals surface area contributed by atoms with Gasteiger partial charge in [-0.3, -0.25) is 14.7 Å². The molecule has 2 aliphatic rings. The fourth-order valence-electron chi connectivity index (χ4n) is 4.27. The molecule has 2 heterocycles. The Hall–Kier alpha value is -2.86. The van der Waals surface area contributed by atoms with Crippen LogP contribution in [0.15, 0.2) is 59.6 Å². The molecule has 0 radical (unpaired) electrons. The molecular weight excluding hydrogens is 374 g/mol. The van der Waals surface area contributed by atoms with Gasteiger partial charge < -0.3 is 15.1 Å². The molecule has 1 amide bonds. The van der Waals surface area contributed by atoms with Gasteiger partial charge in [0.25, 0.3) is 0 Å². The van der Waals surface area contributed by atoms with Gasteiger partial charge in [-0.05, 0) is 23.1 Å². The van der Waals surface area contributed by atoms with Crippen LogP contribution in [0.4, 0.5) is 0 Å². The SMILES string of the molecule is CN=C(NCC(=O)N1CCc2ccccc2C1)N1CCN(Cc2ccccc2)CC1. The summed E-state index contributed by atoms with van der Waals surface area (Å²) in [4.78, 5) is 23.8. The minimum atomic E-state index is 0.133. The average molecular weight is 406 g/mol. The second-order valence-corrected chi connectivity index (χ2v) is 7.98. The molecule has 0 bridgehead atoms. The highest BCUT2D eigenvalue weighted by Crippen LogP contribution is 2.18. The quantitative estimate of drug-likeness (QED) is 0.624. The normalized spacial score (nSPS) is 17.6. The molecule has 2 aliphatic heterocycles. The molecule has 1 saturated heterocycles. The van der Waals surface area contributed by atoms with E-state index in [1.165, 1.54) is 16.7 Å². The Morgan fingerprint density at radius 3 is 2.33 bits per heavy atom. The number of nitrogens with zero attached hydrogens (tertiary/aromatic N) is 4. The van der Waals surface area contributed by atoms with Gasteiger partial charge in [-0.2, -0.15) is 0 Å². The molecule has 0 saturated carbocycles. The Balaban J connectivity index is 1.24. The number of carbonyl (C=O) groups is 1. The van der Waals surface area contributed by atoms with E-state index < -0.39 is 0 Å². The van der Waals surface area contributed by atoms with Gasteiger partial charge in [0.05, 0.1) is 6.54 Å². The van der Waals surface area contributed by atoms with E-state index in [-0.39, 0.29) is 5.91 Å². The first-order chi connectivity index (χ1) is 14.7. The molecule has 4 rings (SSSR count). The third-order valence-corrected chi connectivity index (χ3v) is 6.01. The van der Waals surface area contributed by atoms with E-state index >= 15 is 0 Å². The predicted octanol–water partition coefficient (Wildman–Crippen LogP) is 1.96. The maximum Gasteiger partial charge on any atom is 0.242 e. The first-order valence-corrected chi connectivity index (χ1v) is 10.8. The maximum absolute atomic E-state index is 12.7. The molecule has 0 aliphatic carbocycles. The summed E-state index contributed by atoms with van der Waals surface area (Å²) in [5.74, 6) is 0.952. The number of carbonyl (C=O) groups excluding carboxylic acids is 1. The summed E-state index contributed by atoms with van der Waals surface area (Å²) in [6.45, 7) is 6.57. The highest BCUT2D eigenvalue weighted by molar-refractivity contribution is 5.86. The summed E-state index contributed by atoms with van der Waals surface area (Å²) < 4.78 is 0. The number of guanidine groups is 1. The number of benzene rings is 2. The van der Waals surface area contributed by atoms with Crippen LogP contribution >= 0.6 is 0 Å². The van der Waals surface area contributed by atoms with Crippen molar-refractivity contribution in [2.45, 2.75) is 19.5 Å². The van der Waals surface area contributed by atoms with Gasteiger partial charge in [-0.25, -0.2) is 0 Å². The molecule has 6 heteroatoms. The first-order valence-electron chi connectivity index (χ1n) is 10.8. The van der Waals surface area contributed by atoms with Crippen molar-refractivity contribution in [3.8, 4) is 0 Å². The lowest BCUT2D eigenvalue weighted by molar-refractivity contribution is -0.130. The van der Waals surface area contributed by atoms with Crippen molar-refractivity contribution in [2.24, 2.45) is 4.99 Å². The Bertz CT molecular complexity index is 874. The molecular formula is C24H31N5O. The van der Waals surface area contributed by atoms with E-state index in [1.807, 2.05) is 11.0 Å². The summed E-state index contributed by atoms with van der Waals surface area (Å²) >= 11 is 0. The van der Waals surface area contributed by atoms with Crippen LogP contribution in [0.3, 0.4) is 0 Å². The molecule has 0 spiro atoms. The molecule has 158 valence electrons. The molecule has 0 atom stereocenters. The Morgan fingerprint density at radius 1 is 0.900 bits per heavy atom. The second-order valence-electron chi connectivity index (χ2n) is 7.98. The molecule has 30 heavy (non-hydrogen) atoms. The third kappa shape index (κ3) is 5.00. The van der Waals surface area contributed by atoms with Crippen LogP contribution in [0, 0.1) is 0 Å². The largest absolute Gasteiger partial charge is 0.347 e. The van der Waals surface area contributed by atoms with Crippen molar-refractivity contribution in [3.05, 3.63) is 71.3 Å². The van der Waals surface area contributed by atoms with Crippen molar-refractivity contribution >= 4 is 11.9 Å². The fraction of sp³-hybridized carbons (Fsp3) is 0.417. The van der Waals surface area contributed by atoms with Crippen LogP contribution in [0.2, 0.25) is 0 Å². The van der Waals surface area contributed by atoms with E-state index in [0.29, 0.717) is 13.1 Å². The molecule has 2 aromatic rings. The summed E-state index contributed by atoms with van der Waals surface area (Å²) in [5.41, 5.74) is 3.97. The number of rotatable bonds is 4. The molecule has 6 nitrogen and oxygen atoms in total. The van der Waals surface area contributed by atoms with Crippen molar-refractivity contribution in [1.29, 1.82) is 0 Å². The Kier molecular flexibility index (Phi) is 6.64. The first kappa shape index (κ1) is 20.4. The lowest BCUT2D eigenvalue weighted by atomic mass is 10.00. The van der Waals surface area contributed by atoms with E-state index in [0.717, 1.165) is 51.6 Å². The summed E-state index contributed by atoms with van der Waals surface area (Å²) in [5, 5.41) is 3.29. The van der Waals surface area contributed by atoms with Crippen molar-refractivity contribution < 1.29 is 4.79 Å². The zero-order valence-electron chi connectivity index (χ0n) is 17.8. The van der Waals surface area contributed by atoms with E-state index in [9.17, 15) is 4.79 Å². The summed E-state index contributed by atoms with van der Waals surface area (Å²) in [6.07, 6.45) is 0.931. The maximum atomic E-state index is 12.7. The van der Waals surface area contributed by atoms with Crippen molar-refractivity contribution in [1.82, 2.24) is 20.0 Å². The monoisotopic (exact) mass is 405 g/mol. The average Bonchev–Trinajstić information content (AvgIpc) is 2.80. The van der Waals surface area contributed by atoms with E-state index in [1.54, 1.807) is 7.05 Å². The van der Waals surface area contributed by atoms with E-state index in [4.69, 9.17) is 0 Å². The second kappa shape index (κ2) is 9.76. The highest BCUT2D eigenvalue weighted by atomic mass is 16.2. The lowest BCUT2D eigenvalue weighted by Crippen LogP contribution is -2.53. The summed E-state index contributed by atoms with van der Waals surface area (Å²) in [7, 11) is 1.79. The number of piperazine rings is 1. The third-order valence-electron chi connectivity index (χ3n) is 6.01. The number of amides is 1. The minimum Gasteiger partial charge on any atom is -0.347 e. The topological polar surface area (TPSA) is 51.2 Å². The van der Waals surface area contributed by atoms with Gasteiger partial charge >= 0.3 is 0 Å². The molecule has 2 aromatic carbocycles. The van der Waals surface area contributed by atoms with Crippen LogP contribution in [-0.2, 0) is 24.3 Å². The fourth-order valence-corrected chi connectivity index (χ4v) is 4.27. The minimum absolute atomic E-state index is 0.133. The van der Waals surface area contributed by atoms with Crippen molar-refractivity contribution in [3.63, 3.8) is 0 Å². The van der Waals surface area contributed by atoms with Crippen LogP contribution in [0.25, 0.3) is 0 Å². The number of hydrogen-bond donors (Lipinski definition) is 1. The molecule has 1 N–H and O–H groups in total.